The summed E-state index contributed by atoms with van der Waals surface area (Å²) in [5.41, 5.74) is 0. The first-order valence-electron chi connectivity index (χ1n) is 4.63. The second-order valence-electron chi connectivity index (χ2n) is 3.41. The fourth-order valence-electron chi connectivity index (χ4n) is 1.69. The number of nitrogens with one attached hydrogen (secondary N) is 1. The molecule has 1 aliphatic carbocycles. The summed E-state index contributed by atoms with van der Waals surface area (Å²) in [5.74, 6) is 0. The molecule has 0 radical (unpaired) electrons. The first-order chi connectivity index (χ1) is 5.33. The van der Waals surface area contributed by atoms with Crippen LogP contribution in [0.15, 0.2) is 0 Å². The SMILES string of the molecule is CNCC(C)OC1CCCC1. The van der Waals surface area contributed by atoms with Crippen LogP contribution in [0.1, 0.15) is 32.6 Å². The molecule has 1 atom stereocenters. The Morgan fingerprint density at radius 2 is 2.09 bits per heavy atom. The normalized spacial score (nSPS) is 22.4. The van der Waals surface area contributed by atoms with Crippen LogP contribution in [0.3, 0.4) is 0 Å². The molecule has 0 aliphatic heterocycles. The van der Waals surface area contributed by atoms with Crippen molar-refractivity contribution in [1.82, 2.24) is 5.32 Å². The minimum absolute atomic E-state index is 0.378. The highest BCUT2D eigenvalue weighted by molar-refractivity contribution is 4.68. The highest BCUT2D eigenvalue weighted by Crippen LogP contribution is 2.21. The number of rotatable bonds is 4. The average Bonchev–Trinajstić information content (AvgIpc) is 2.40. The number of likely N-dealkylation sites (N-methyl/N-ethyl adjacent to an activating group) is 1. The number of ether oxygens (including phenoxy) is 1. The van der Waals surface area contributed by atoms with E-state index in [1.165, 1.54) is 25.7 Å². The van der Waals surface area contributed by atoms with Gasteiger partial charge in [-0.25, -0.2) is 0 Å². The van der Waals surface area contributed by atoms with E-state index in [1.54, 1.807) is 0 Å². The van der Waals surface area contributed by atoms with Crippen LogP contribution in [-0.2, 0) is 4.74 Å². The minimum atomic E-state index is 0.378. The molecule has 0 spiro atoms. The minimum Gasteiger partial charge on any atom is -0.374 e. The average molecular weight is 157 g/mol. The van der Waals surface area contributed by atoms with E-state index in [1.807, 2.05) is 7.05 Å². The molecule has 0 aromatic rings. The fraction of sp³-hybridized carbons (Fsp3) is 1.00. The number of hydrogen-bond acceptors (Lipinski definition) is 2. The Balaban J connectivity index is 2.08. The molecule has 0 amide bonds. The zero-order valence-electron chi connectivity index (χ0n) is 7.60. The molecule has 0 heterocycles. The van der Waals surface area contributed by atoms with Gasteiger partial charge in [-0.3, -0.25) is 0 Å². The Labute approximate surface area is 69.3 Å². The van der Waals surface area contributed by atoms with Gasteiger partial charge >= 0.3 is 0 Å². The standard InChI is InChI=1S/C9H19NO/c1-8(7-10-2)11-9-5-3-4-6-9/h8-10H,3-7H2,1-2H3. The van der Waals surface area contributed by atoms with Crippen molar-refractivity contribution in [2.45, 2.75) is 44.8 Å². The van der Waals surface area contributed by atoms with E-state index in [0.717, 1.165) is 6.54 Å². The van der Waals surface area contributed by atoms with Crippen molar-refractivity contribution in [2.24, 2.45) is 0 Å². The van der Waals surface area contributed by atoms with E-state index in [4.69, 9.17) is 4.74 Å². The summed E-state index contributed by atoms with van der Waals surface area (Å²) in [7, 11) is 1.97. The van der Waals surface area contributed by atoms with Crippen LogP contribution in [0.4, 0.5) is 0 Å². The highest BCUT2D eigenvalue weighted by atomic mass is 16.5. The third-order valence-corrected chi connectivity index (χ3v) is 2.22. The third-order valence-electron chi connectivity index (χ3n) is 2.22. The monoisotopic (exact) mass is 157 g/mol. The van der Waals surface area contributed by atoms with Crippen molar-refractivity contribution in [3.05, 3.63) is 0 Å². The van der Waals surface area contributed by atoms with Gasteiger partial charge in [-0.15, -0.1) is 0 Å². The molecule has 1 saturated carbocycles. The summed E-state index contributed by atoms with van der Waals surface area (Å²) in [6, 6.07) is 0. The molecule has 2 heteroatoms. The van der Waals surface area contributed by atoms with Gasteiger partial charge in [0, 0.05) is 6.54 Å². The van der Waals surface area contributed by atoms with Gasteiger partial charge in [-0.1, -0.05) is 12.8 Å². The molecule has 11 heavy (non-hydrogen) atoms. The molecule has 0 aromatic heterocycles. The van der Waals surface area contributed by atoms with Gasteiger partial charge in [-0.05, 0) is 26.8 Å². The van der Waals surface area contributed by atoms with Crippen LogP contribution in [0.2, 0.25) is 0 Å². The molecular weight excluding hydrogens is 138 g/mol. The first kappa shape index (κ1) is 9.01. The molecule has 1 fully saturated rings. The second kappa shape index (κ2) is 4.73. The fourth-order valence-corrected chi connectivity index (χ4v) is 1.69. The molecule has 0 aromatic carbocycles. The maximum Gasteiger partial charge on any atom is 0.0674 e. The number of hydrogen-bond donors (Lipinski definition) is 1. The van der Waals surface area contributed by atoms with Crippen molar-refractivity contribution in [3.63, 3.8) is 0 Å². The molecule has 1 unspecified atom stereocenters. The topological polar surface area (TPSA) is 21.3 Å². The van der Waals surface area contributed by atoms with Gasteiger partial charge in [0.2, 0.25) is 0 Å². The van der Waals surface area contributed by atoms with Crippen LogP contribution in [0.25, 0.3) is 0 Å². The maximum absolute atomic E-state index is 5.79. The van der Waals surface area contributed by atoms with Gasteiger partial charge in [-0.2, -0.15) is 0 Å². The van der Waals surface area contributed by atoms with Crippen molar-refractivity contribution in [2.75, 3.05) is 13.6 Å². The van der Waals surface area contributed by atoms with Gasteiger partial charge in [0.15, 0.2) is 0 Å². The zero-order valence-corrected chi connectivity index (χ0v) is 7.60. The van der Waals surface area contributed by atoms with E-state index in [2.05, 4.69) is 12.2 Å². The molecule has 2 nitrogen and oxygen atoms in total. The zero-order chi connectivity index (χ0) is 8.10. The summed E-state index contributed by atoms with van der Waals surface area (Å²) in [6.07, 6.45) is 6.19. The highest BCUT2D eigenvalue weighted by Gasteiger charge is 2.17. The van der Waals surface area contributed by atoms with Crippen LogP contribution in [0.5, 0.6) is 0 Å². The van der Waals surface area contributed by atoms with E-state index in [9.17, 15) is 0 Å². The third kappa shape index (κ3) is 3.21. The van der Waals surface area contributed by atoms with Crippen LogP contribution in [0, 0.1) is 0 Å². The Morgan fingerprint density at radius 3 is 2.64 bits per heavy atom. The molecule has 66 valence electrons. The van der Waals surface area contributed by atoms with Crippen molar-refractivity contribution in [1.29, 1.82) is 0 Å². The van der Waals surface area contributed by atoms with E-state index in [0.29, 0.717) is 12.2 Å². The first-order valence-corrected chi connectivity index (χ1v) is 4.63. The van der Waals surface area contributed by atoms with Crippen LogP contribution < -0.4 is 5.32 Å². The van der Waals surface area contributed by atoms with E-state index in [-0.39, 0.29) is 0 Å². The Kier molecular flexibility index (Phi) is 3.87. The lowest BCUT2D eigenvalue weighted by Crippen LogP contribution is -2.27. The van der Waals surface area contributed by atoms with Gasteiger partial charge in [0.25, 0.3) is 0 Å². The summed E-state index contributed by atoms with van der Waals surface area (Å²) in [4.78, 5) is 0. The lowest BCUT2D eigenvalue weighted by Gasteiger charge is -2.17. The van der Waals surface area contributed by atoms with Crippen molar-refractivity contribution in [3.8, 4) is 0 Å². The second-order valence-corrected chi connectivity index (χ2v) is 3.41. The van der Waals surface area contributed by atoms with Crippen LogP contribution in [-0.4, -0.2) is 25.8 Å². The largest absolute Gasteiger partial charge is 0.374 e. The molecule has 1 rings (SSSR count). The molecular formula is C9H19NO. The smallest absolute Gasteiger partial charge is 0.0674 e. The predicted octanol–water partition coefficient (Wildman–Crippen LogP) is 1.55. The lowest BCUT2D eigenvalue weighted by molar-refractivity contribution is 0.00403. The van der Waals surface area contributed by atoms with Crippen molar-refractivity contribution >= 4 is 0 Å². The molecule has 0 bridgehead atoms. The summed E-state index contributed by atoms with van der Waals surface area (Å²) >= 11 is 0. The Morgan fingerprint density at radius 1 is 1.45 bits per heavy atom. The van der Waals surface area contributed by atoms with Gasteiger partial charge < -0.3 is 10.1 Å². The Hall–Kier alpha value is -0.0800. The predicted molar refractivity (Wildman–Crippen MR) is 46.7 cm³/mol. The Bertz CT molecular complexity index is 99.7. The molecule has 1 N–H and O–H groups in total. The van der Waals surface area contributed by atoms with E-state index >= 15 is 0 Å². The van der Waals surface area contributed by atoms with E-state index < -0.39 is 0 Å². The summed E-state index contributed by atoms with van der Waals surface area (Å²) in [6.45, 7) is 3.10. The van der Waals surface area contributed by atoms with Crippen LogP contribution >= 0.6 is 0 Å². The lowest BCUT2D eigenvalue weighted by atomic mass is 10.3. The maximum atomic E-state index is 5.79. The summed E-state index contributed by atoms with van der Waals surface area (Å²) in [5, 5.41) is 3.12. The van der Waals surface area contributed by atoms with Gasteiger partial charge in [0.1, 0.15) is 0 Å². The van der Waals surface area contributed by atoms with Crippen molar-refractivity contribution < 1.29 is 4.74 Å². The van der Waals surface area contributed by atoms with Gasteiger partial charge in [0.05, 0.1) is 12.2 Å². The molecule has 1 aliphatic rings. The molecule has 0 saturated heterocycles. The summed E-state index contributed by atoms with van der Waals surface area (Å²) < 4.78 is 5.79. The quantitative estimate of drug-likeness (QED) is 0.668.